The summed E-state index contributed by atoms with van der Waals surface area (Å²) in [6.07, 6.45) is 1.24. The van der Waals surface area contributed by atoms with Crippen LogP contribution in [-0.2, 0) is 9.53 Å². The lowest BCUT2D eigenvalue weighted by Crippen LogP contribution is -2.19. The van der Waals surface area contributed by atoms with E-state index in [1.165, 1.54) is 18.6 Å². The van der Waals surface area contributed by atoms with E-state index in [2.05, 4.69) is 16.7 Å². The second-order valence-corrected chi connectivity index (χ2v) is 4.68. The minimum atomic E-state index is -0.238. The maximum absolute atomic E-state index is 11.1. The Hall–Kier alpha value is -0.510. The molecule has 1 aliphatic heterocycles. The number of thioether (sulfide) groups is 1. The molecule has 0 unspecified atom stereocenters. The SMILES string of the molecule is COC(=O)[C@@H]1CSC([C@@H]2C[C@@H]2C)=N1. The predicted octanol–water partition coefficient (Wildman–Crippen LogP) is 1.33. The van der Waals surface area contributed by atoms with Gasteiger partial charge in [0.25, 0.3) is 0 Å². The Morgan fingerprint density at radius 2 is 2.38 bits per heavy atom. The number of methoxy groups -OCH3 is 1. The molecule has 2 aliphatic rings. The molecular formula is C9H13NO2S. The Balaban J connectivity index is 1.97. The summed E-state index contributed by atoms with van der Waals surface area (Å²) in [4.78, 5) is 15.5. The van der Waals surface area contributed by atoms with Crippen LogP contribution in [0, 0.1) is 11.8 Å². The van der Waals surface area contributed by atoms with Crippen molar-refractivity contribution >= 4 is 22.8 Å². The summed E-state index contributed by atoms with van der Waals surface area (Å²) < 4.78 is 4.65. The Kier molecular flexibility index (Phi) is 2.32. The van der Waals surface area contributed by atoms with E-state index in [4.69, 9.17) is 0 Å². The van der Waals surface area contributed by atoms with Crippen LogP contribution in [0.4, 0.5) is 0 Å². The van der Waals surface area contributed by atoms with Gasteiger partial charge in [0.1, 0.15) is 0 Å². The molecule has 1 aliphatic carbocycles. The van der Waals surface area contributed by atoms with Gasteiger partial charge >= 0.3 is 5.97 Å². The van der Waals surface area contributed by atoms with E-state index < -0.39 is 0 Å². The summed E-state index contributed by atoms with van der Waals surface area (Å²) in [7, 11) is 1.42. The van der Waals surface area contributed by atoms with Crippen molar-refractivity contribution < 1.29 is 9.53 Å². The quantitative estimate of drug-likeness (QED) is 0.630. The van der Waals surface area contributed by atoms with Crippen LogP contribution in [-0.4, -0.2) is 29.9 Å². The maximum atomic E-state index is 11.1. The third-order valence-corrected chi connectivity index (χ3v) is 3.76. The molecule has 3 atom stereocenters. The first-order chi connectivity index (χ1) is 6.22. The number of carbonyl (C=O) groups is 1. The third-order valence-electron chi connectivity index (χ3n) is 2.57. The average molecular weight is 199 g/mol. The molecule has 0 amide bonds. The normalized spacial score (nSPS) is 37.1. The van der Waals surface area contributed by atoms with E-state index in [1.807, 2.05) is 0 Å². The summed E-state index contributed by atoms with van der Waals surface area (Å²) >= 11 is 1.72. The topological polar surface area (TPSA) is 38.7 Å². The largest absolute Gasteiger partial charge is 0.467 e. The lowest BCUT2D eigenvalue weighted by atomic mass is 10.3. The number of hydrogen-bond donors (Lipinski definition) is 0. The van der Waals surface area contributed by atoms with E-state index in [-0.39, 0.29) is 12.0 Å². The van der Waals surface area contributed by atoms with Crippen LogP contribution in [0.2, 0.25) is 0 Å². The fraction of sp³-hybridized carbons (Fsp3) is 0.778. The Morgan fingerprint density at radius 3 is 2.92 bits per heavy atom. The van der Waals surface area contributed by atoms with Gasteiger partial charge in [-0.15, -0.1) is 11.8 Å². The molecule has 1 fully saturated rings. The van der Waals surface area contributed by atoms with Gasteiger partial charge in [0.15, 0.2) is 6.04 Å². The van der Waals surface area contributed by atoms with E-state index in [0.717, 1.165) is 11.7 Å². The van der Waals surface area contributed by atoms with Crippen LogP contribution in [0.5, 0.6) is 0 Å². The molecule has 0 spiro atoms. The van der Waals surface area contributed by atoms with Crippen molar-refractivity contribution in [1.29, 1.82) is 0 Å². The summed E-state index contributed by atoms with van der Waals surface area (Å²) in [6.45, 7) is 2.22. The van der Waals surface area contributed by atoms with Gasteiger partial charge in [0, 0.05) is 11.7 Å². The Bertz CT molecular complexity index is 264. The number of hydrogen-bond acceptors (Lipinski definition) is 4. The van der Waals surface area contributed by atoms with Crippen molar-refractivity contribution in [2.75, 3.05) is 12.9 Å². The number of aliphatic imine (C=N–C) groups is 1. The molecular weight excluding hydrogens is 186 g/mol. The molecule has 0 bridgehead atoms. The molecule has 2 rings (SSSR count). The predicted molar refractivity (Wildman–Crippen MR) is 53.0 cm³/mol. The highest BCUT2D eigenvalue weighted by molar-refractivity contribution is 8.14. The van der Waals surface area contributed by atoms with Crippen LogP contribution < -0.4 is 0 Å². The van der Waals surface area contributed by atoms with Crippen LogP contribution in [0.3, 0.4) is 0 Å². The lowest BCUT2D eigenvalue weighted by molar-refractivity contribution is -0.141. The van der Waals surface area contributed by atoms with Gasteiger partial charge in [-0.25, -0.2) is 4.79 Å². The monoisotopic (exact) mass is 199 g/mol. The Morgan fingerprint density at radius 1 is 1.69 bits per heavy atom. The van der Waals surface area contributed by atoms with E-state index in [0.29, 0.717) is 5.92 Å². The van der Waals surface area contributed by atoms with Crippen LogP contribution in [0.25, 0.3) is 0 Å². The van der Waals surface area contributed by atoms with E-state index in [9.17, 15) is 4.79 Å². The maximum Gasteiger partial charge on any atom is 0.331 e. The highest BCUT2D eigenvalue weighted by Gasteiger charge is 2.40. The Labute approximate surface area is 81.9 Å². The van der Waals surface area contributed by atoms with Crippen molar-refractivity contribution in [1.82, 2.24) is 0 Å². The van der Waals surface area contributed by atoms with E-state index in [1.54, 1.807) is 11.8 Å². The molecule has 0 aromatic carbocycles. The van der Waals surface area contributed by atoms with Gasteiger partial charge in [-0.3, -0.25) is 4.99 Å². The zero-order valence-corrected chi connectivity index (χ0v) is 8.63. The number of ether oxygens (including phenoxy) is 1. The highest BCUT2D eigenvalue weighted by atomic mass is 32.2. The first-order valence-electron chi connectivity index (χ1n) is 4.50. The zero-order valence-electron chi connectivity index (χ0n) is 7.82. The van der Waals surface area contributed by atoms with Gasteiger partial charge in [-0.05, 0) is 12.3 Å². The fourth-order valence-corrected chi connectivity index (χ4v) is 2.80. The molecule has 0 saturated heterocycles. The minimum absolute atomic E-state index is 0.198. The molecule has 13 heavy (non-hydrogen) atoms. The van der Waals surface area contributed by atoms with Crippen LogP contribution >= 0.6 is 11.8 Å². The van der Waals surface area contributed by atoms with Gasteiger partial charge in [-0.1, -0.05) is 6.92 Å². The third kappa shape index (κ3) is 1.73. The highest BCUT2D eigenvalue weighted by Crippen LogP contribution is 2.44. The first-order valence-corrected chi connectivity index (χ1v) is 5.49. The second kappa shape index (κ2) is 3.33. The number of rotatable bonds is 2. The molecule has 0 aromatic rings. The van der Waals surface area contributed by atoms with Crippen molar-refractivity contribution in [3.05, 3.63) is 0 Å². The van der Waals surface area contributed by atoms with Gasteiger partial charge in [0.05, 0.1) is 12.2 Å². The zero-order chi connectivity index (χ0) is 9.42. The second-order valence-electron chi connectivity index (χ2n) is 3.64. The van der Waals surface area contributed by atoms with Crippen molar-refractivity contribution in [3.63, 3.8) is 0 Å². The molecule has 0 radical (unpaired) electrons. The van der Waals surface area contributed by atoms with Crippen molar-refractivity contribution in [2.24, 2.45) is 16.8 Å². The lowest BCUT2D eigenvalue weighted by Gasteiger charge is -2.00. The van der Waals surface area contributed by atoms with Crippen LogP contribution in [0.1, 0.15) is 13.3 Å². The molecule has 0 N–H and O–H groups in total. The summed E-state index contributed by atoms with van der Waals surface area (Å²) in [6, 6.07) is -0.238. The summed E-state index contributed by atoms with van der Waals surface area (Å²) in [5.41, 5.74) is 0. The number of nitrogens with zero attached hydrogens (tertiary/aromatic N) is 1. The smallest absolute Gasteiger partial charge is 0.331 e. The molecule has 3 nitrogen and oxygen atoms in total. The standard InChI is InChI=1S/C9H13NO2S/c1-5-3-6(5)8-10-7(4-13-8)9(11)12-2/h5-7H,3-4H2,1-2H3/t5-,6+,7-/m0/s1. The van der Waals surface area contributed by atoms with Crippen LogP contribution in [0.15, 0.2) is 4.99 Å². The first kappa shape index (κ1) is 9.06. The fourth-order valence-electron chi connectivity index (χ4n) is 1.52. The number of esters is 1. The molecule has 72 valence electrons. The van der Waals surface area contributed by atoms with Gasteiger partial charge in [0.2, 0.25) is 0 Å². The van der Waals surface area contributed by atoms with Gasteiger partial charge < -0.3 is 4.74 Å². The van der Waals surface area contributed by atoms with Gasteiger partial charge in [-0.2, -0.15) is 0 Å². The molecule has 1 heterocycles. The summed E-state index contributed by atoms with van der Waals surface area (Å²) in [5, 5.41) is 1.17. The summed E-state index contributed by atoms with van der Waals surface area (Å²) in [5.74, 6) is 1.98. The molecule has 1 saturated carbocycles. The minimum Gasteiger partial charge on any atom is -0.467 e. The molecule has 4 heteroatoms. The van der Waals surface area contributed by atoms with E-state index >= 15 is 0 Å². The van der Waals surface area contributed by atoms with Crippen molar-refractivity contribution in [3.8, 4) is 0 Å². The number of carbonyl (C=O) groups excluding carboxylic acids is 1. The molecule has 0 aromatic heterocycles. The average Bonchev–Trinajstić information content (AvgIpc) is 2.70. The van der Waals surface area contributed by atoms with Crippen molar-refractivity contribution in [2.45, 2.75) is 19.4 Å².